The highest BCUT2D eigenvalue weighted by Crippen LogP contribution is 2.24. The van der Waals surface area contributed by atoms with E-state index in [1.165, 1.54) is 25.2 Å². The Bertz CT molecular complexity index is 1040. The van der Waals surface area contributed by atoms with E-state index >= 15 is 0 Å². The van der Waals surface area contributed by atoms with Crippen LogP contribution < -0.4 is 5.32 Å². The normalized spacial score (nSPS) is 11.6. The van der Waals surface area contributed by atoms with Crippen LogP contribution in [0.1, 0.15) is 40.3 Å². The lowest BCUT2D eigenvalue weighted by Crippen LogP contribution is -2.30. The van der Waals surface area contributed by atoms with E-state index in [2.05, 4.69) is 10.3 Å². The number of nitrogens with one attached hydrogen (secondary N) is 1. The fourth-order valence-corrected chi connectivity index (χ4v) is 3.30. The van der Waals surface area contributed by atoms with Gasteiger partial charge in [0.1, 0.15) is 5.01 Å². The SMILES string of the molecule is CC(=O)c1ccc(NC(=O)[C@@H](C)OC(=O)c2csc(-c3ccc(C)cc3)n2)cc1. The number of nitrogens with zero attached hydrogens (tertiary/aromatic N) is 1. The van der Waals surface area contributed by atoms with Crippen molar-refractivity contribution in [3.05, 3.63) is 70.7 Å². The van der Waals surface area contributed by atoms with Crippen LogP contribution in [-0.2, 0) is 9.53 Å². The number of rotatable bonds is 6. The molecular weight excluding hydrogens is 388 g/mol. The Morgan fingerprint density at radius 3 is 2.31 bits per heavy atom. The van der Waals surface area contributed by atoms with Gasteiger partial charge in [-0.25, -0.2) is 9.78 Å². The van der Waals surface area contributed by atoms with Crippen LogP contribution in [0.5, 0.6) is 0 Å². The third-order valence-corrected chi connectivity index (χ3v) is 5.12. The number of esters is 1. The molecule has 3 aromatic rings. The van der Waals surface area contributed by atoms with Crippen molar-refractivity contribution in [2.24, 2.45) is 0 Å². The summed E-state index contributed by atoms with van der Waals surface area (Å²) in [5.74, 6) is -1.18. The number of amides is 1. The maximum Gasteiger partial charge on any atom is 0.358 e. The second kappa shape index (κ2) is 8.79. The Balaban J connectivity index is 1.60. The van der Waals surface area contributed by atoms with E-state index in [1.807, 2.05) is 31.2 Å². The highest BCUT2D eigenvalue weighted by Gasteiger charge is 2.21. The van der Waals surface area contributed by atoms with Crippen molar-refractivity contribution < 1.29 is 19.1 Å². The first-order chi connectivity index (χ1) is 13.8. The lowest BCUT2D eigenvalue weighted by Gasteiger charge is -2.13. The topological polar surface area (TPSA) is 85.4 Å². The standard InChI is InChI=1S/C22H20N2O4S/c1-13-4-6-17(7-5-13)21-24-19(12-29-21)22(27)28-15(3)20(26)23-18-10-8-16(9-11-18)14(2)25/h4-12,15H,1-3H3,(H,23,26)/t15-/m1/s1. The first-order valence-electron chi connectivity index (χ1n) is 8.99. The van der Waals surface area contributed by atoms with Gasteiger partial charge in [0.25, 0.3) is 5.91 Å². The highest BCUT2D eigenvalue weighted by atomic mass is 32.1. The van der Waals surface area contributed by atoms with Crippen LogP contribution in [0.4, 0.5) is 5.69 Å². The molecule has 1 amide bonds. The van der Waals surface area contributed by atoms with Gasteiger partial charge < -0.3 is 10.1 Å². The molecule has 1 aromatic heterocycles. The van der Waals surface area contributed by atoms with Gasteiger partial charge in [-0.2, -0.15) is 0 Å². The van der Waals surface area contributed by atoms with Gasteiger partial charge in [0, 0.05) is 22.2 Å². The number of hydrogen-bond donors (Lipinski definition) is 1. The molecule has 0 radical (unpaired) electrons. The molecule has 1 atom stereocenters. The molecule has 29 heavy (non-hydrogen) atoms. The lowest BCUT2D eigenvalue weighted by molar-refractivity contribution is -0.123. The molecule has 2 aromatic carbocycles. The molecule has 1 heterocycles. The predicted molar refractivity (Wildman–Crippen MR) is 112 cm³/mol. The summed E-state index contributed by atoms with van der Waals surface area (Å²) in [6.45, 7) is 4.96. The second-order valence-electron chi connectivity index (χ2n) is 6.57. The Kier molecular flexibility index (Phi) is 6.19. The summed E-state index contributed by atoms with van der Waals surface area (Å²) in [7, 11) is 0. The van der Waals surface area contributed by atoms with Crippen LogP contribution in [-0.4, -0.2) is 28.7 Å². The summed E-state index contributed by atoms with van der Waals surface area (Å²) in [4.78, 5) is 40.2. The number of carbonyl (C=O) groups excluding carboxylic acids is 3. The van der Waals surface area contributed by atoms with Gasteiger partial charge in [-0.1, -0.05) is 29.8 Å². The van der Waals surface area contributed by atoms with Gasteiger partial charge in [-0.3, -0.25) is 9.59 Å². The van der Waals surface area contributed by atoms with Crippen molar-refractivity contribution in [3.8, 4) is 10.6 Å². The van der Waals surface area contributed by atoms with Crippen molar-refractivity contribution in [2.75, 3.05) is 5.32 Å². The van der Waals surface area contributed by atoms with Gasteiger partial charge in [0.2, 0.25) is 0 Å². The first kappa shape index (κ1) is 20.4. The molecule has 7 heteroatoms. The fourth-order valence-electron chi connectivity index (χ4n) is 2.50. The molecule has 1 N–H and O–H groups in total. The van der Waals surface area contributed by atoms with E-state index in [-0.39, 0.29) is 11.5 Å². The number of ether oxygens (including phenoxy) is 1. The van der Waals surface area contributed by atoms with Gasteiger partial charge in [0.05, 0.1) is 0 Å². The van der Waals surface area contributed by atoms with E-state index in [9.17, 15) is 14.4 Å². The molecule has 0 bridgehead atoms. The second-order valence-corrected chi connectivity index (χ2v) is 7.43. The van der Waals surface area contributed by atoms with Crippen molar-refractivity contribution in [1.29, 1.82) is 0 Å². The first-order valence-corrected chi connectivity index (χ1v) is 9.87. The zero-order chi connectivity index (χ0) is 21.0. The predicted octanol–water partition coefficient (Wildman–Crippen LogP) is 4.51. The minimum atomic E-state index is -1.00. The number of Topliss-reactive ketones (excluding diaryl/α,β-unsaturated/α-hetero) is 1. The van der Waals surface area contributed by atoms with Crippen LogP contribution in [0.2, 0.25) is 0 Å². The molecule has 0 aliphatic heterocycles. The Hall–Kier alpha value is -3.32. The van der Waals surface area contributed by atoms with Crippen LogP contribution in [0.3, 0.4) is 0 Å². The molecule has 0 unspecified atom stereocenters. The molecule has 0 saturated carbocycles. The minimum Gasteiger partial charge on any atom is -0.448 e. The monoisotopic (exact) mass is 408 g/mol. The third-order valence-electron chi connectivity index (χ3n) is 4.22. The molecule has 6 nitrogen and oxygen atoms in total. The van der Waals surface area contributed by atoms with Crippen LogP contribution in [0, 0.1) is 6.92 Å². The quantitative estimate of drug-likeness (QED) is 0.479. The average Bonchev–Trinajstić information content (AvgIpc) is 3.19. The molecule has 3 rings (SSSR count). The smallest absolute Gasteiger partial charge is 0.358 e. The molecule has 0 saturated heterocycles. The number of carbonyl (C=O) groups is 3. The summed E-state index contributed by atoms with van der Waals surface area (Å²) >= 11 is 1.34. The molecule has 0 fully saturated rings. The molecule has 148 valence electrons. The lowest BCUT2D eigenvalue weighted by atomic mass is 10.1. The van der Waals surface area contributed by atoms with Crippen LogP contribution in [0.25, 0.3) is 10.6 Å². The van der Waals surface area contributed by atoms with E-state index in [0.717, 1.165) is 11.1 Å². The van der Waals surface area contributed by atoms with Crippen molar-refractivity contribution in [2.45, 2.75) is 26.9 Å². The van der Waals surface area contributed by atoms with Crippen molar-refractivity contribution in [3.63, 3.8) is 0 Å². The largest absolute Gasteiger partial charge is 0.448 e. The molecular formula is C22H20N2O4S. The number of benzene rings is 2. The maximum atomic E-state index is 12.3. The fraction of sp³-hybridized carbons (Fsp3) is 0.182. The van der Waals surface area contributed by atoms with Gasteiger partial charge in [-0.05, 0) is 45.0 Å². The van der Waals surface area contributed by atoms with Crippen molar-refractivity contribution >= 4 is 34.7 Å². The Labute approximate surface area is 172 Å². The summed E-state index contributed by atoms with van der Waals surface area (Å²) in [5.41, 5.74) is 3.28. The zero-order valence-corrected chi connectivity index (χ0v) is 17.1. The summed E-state index contributed by atoms with van der Waals surface area (Å²) in [5, 5.41) is 4.98. The zero-order valence-electron chi connectivity index (χ0n) is 16.3. The minimum absolute atomic E-state index is 0.0570. The number of aryl methyl sites for hydroxylation is 1. The van der Waals surface area contributed by atoms with Crippen LogP contribution >= 0.6 is 11.3 Å². The van der Waals surface area contributed by atoms with E-state index in [1.54, 1.807) is 29.6 Å². The van der Waals surface area contributed by atoms with E-state index in [4.69, 9.17) is 4.74 Å². The van der Waals surface area contributed by atoms with Gasteiger partial charge >= 0.3 is 5.97 Å². The summed E-state index contributed by atoms with van der Waals surface area (Å²) in [6, 6.07) is 14.3. The highest BCUT2D eigenvalue weighted by molar-refractivity contribution is 7.13. The molecule has 0 spiro atoms. The van der Waals surface area contributed by atoms with E-state index in [0.29, 0.717) is 16.3 Å². The molecule has 0 aliphatic carbocycles. The number of anilines is 1. The molecule has 0 aliphatic rings. The number of hydrogen-bond acceptors (Lipinski definition) is 6. The Morgan fingerprint density at radius 1 is 1.03 bits per heavy atom. The third kappa shape index (κ3) is 5.14. The number of aromatic nitrogens is 1. The van der Waals surface area contributed by atoms with Gasteiger partial charge in [-0.15, -0.1) is 11.3 Å². The summed E-state index contributed by atoms with van der Waals surface area (Å²) < 4.78 is 5.24. The number of ketones is 1. The van der Waals surface area contributed by atoms with E-state index < -0.39 is 18.0 Å². The Morgan fingerprint density at radius 2 is 1.69 bits per heavy atom. The number of thiazole rings is 1. The average molecular weight is 408 g/mol. The van der Waals surface area contributed by atoms with Gasteiger partial charge in [0.15, 0.2) is 17.6 Å². The van der Waals surface area contributed by atoms with Crippen LogP contribution in [0.15, 0.2) is 53.9 Å². The maximum absolute atomic E-state index is 12.3. The van der Waals surface area contributed by atoms with Crippen molar-refractivity contribution in [1.82, 2.24) is 4.98 Å². The summed E-state index contributed by atoms with van der Waals surface area (Å²) in [6.07, 6.45) is -1.00.